The minimum Gasteiger partial charge on any atom is -0.300 e. The fourth-order valence-electron chi connectivity index (χ4n) is 5.88. The van der Waals surface area contributed by atoms with Crippen LogP contribution in [0.5, 0.6) is 0 Å². The summed E-state index contributed by atoms with van der Waals surface area (Å²) in [7, 11) is 0. The summed E-state index contributed by atoms with van der Waals surface area (Å²) in [4.78, 5) is 25.6. The molecule has 0 bridgehead atoms. The van der Waals surface area contributed by atoms with Gasteiger partial charge in [-0.1, -0.05) is 19.8 Å². The monoisotopic (exact) mass is 428 g/mol. The average molecular weight is 429 g/mol. The summed E-state index contributed by atoms with van der Waals surface area (Å²) in [6.45, 7) is 8.09. The van der Waals surface area contributed by atoms with Gasteiger partial charge in [0, 0.05) is 23.5 Å². The van der Waals surface area contributed by atoms with E-state index in [0.29, 0.717) is 6.04 Å². The van der Waals surface area contributed by atoms with Crippen molar-refractivity contribution in [3.8, 4) is 0 Å². The molecule has 1 atom stereocenters. The summed E-state index contributed by atoms with van der Waals surface area (Å²) in [6, 6.07) is 1.46. The maximum Gasteiger partial charge on any atom is 0.262 e. The molecule has 164 valence electrons. The molecule has 0 saturated carbocycles. The van der Waals surface area contributed by atoms with Crippen LogP contribution in [0.4, 0.5) is 0 Å². The van der Waals surface area contributed by atoms with E-state index < -0.39 is 0 Å². The number of rotatable bonds is 5. The van der Waals surface area contributed by atoms with Crippen LogP contribution in [-0.2, 0) is 19.4 Å². The largest absolute Gasteiger partial charge is 0.300 e. The summed E-state index contributed by atoms with van der Waals surface area (Å²) in [5, 5.41) is 0.927. The lowest BCUT2D eigenvalue weighted by Crippen LogP contribution is -2.50. The maximum atomic E-state index is 13.1. The van der Waals surface area contributed by atoms with E-state index in [0.717, 1.165) is 48.5 Å². The number of fused-ring (bicyclic) bond motifs is 3. The fourth-order valence-corrected chi connectivity index (χ4v) is 7.13. The first kappa shape index (κ1) is 20.7. The van der Waals surface area contributed by atoms with Gasteiger partial charge in [0.2, 0.25) is 0 Å². The lowest BCUT2D eigenvalue weighted by Gasteiger charge is -2.43. The molecule has 6 heteroatoms. The third-order valence-electron chi connectivity index (χ3n) is 7.68. The van der Waals surface area contributed by atoms with Crippen LogP contribution in [-0.4, -0.2) is 57.6 Å². The Balaban J connectivity index is 1.27. The van der Waals surface area contributed by atoms with Crippen LogP contribution < -0.4 is 5.56 Å². The molecule has 0 amide bonds. The van der Waals surface area contributed by atoms with E-state index >= 15 is 0 Å². The van der Waals surface area contributed by atoms with Gasteiger partial charge in [-0.25, -0.2) is 4.98 Å². The molecule has 2 aromatic rings. The molecule has 2 aliphatic heterocycles. The summed E-state index contributed by atoms with van der Waals surface area (Å²) in [5.41, 5.74) is 1.50. The second kappa shape index (κ2) is 9.09. The van der Waals surface area contributed by atoms with Crippen LogP contribution >= 0.6 is 11.3 Å². The molecule has 5 rings (SSSR count). The Morgan fingerprint density at radius 3 is 2.57 bits per heavy atom. The molecule has 1 aliphatic carbocycles. The highest BCUT2D eigenvalue weighted by Crippen LogP contribution is 2.36. The number of piperidine rings is 2. The van der Waals surface area contributed by atoms with E-state index in [1.165, 1.54) is 75.1 Å². The van der Waals surface area contributed by atoms with Gasteiger partial charge in [0.15, 0.2) is 0 Å². The summed E-state index contributed by atoms with van der Waals surface area (Å²) in [6.07, 6.45) is 14.1. The number of likely N-dealkylation sites (tertiary alicyclic amines) is 2. The first-order chi connectivity index (χ1) is 14.7. The molecule has 2 saturated heterocycles. The van der Waals surface area contributed by atoms with Gasteiger partial charge in [-0.2, -0.15) is 0 Å². The molecule has 3 aliphatic rings. The summed E-state index contributed by atoms with van der Waals surface area (Å²) in [5.74, 6) is 0. The highest BCUT2D eigenvalue weighted by Gasteiger charge is 2.32. The van der Waals surface area contributed by atoms with Gasteiger partial charge >= 0.3 is 0 Å². The predicted octanol–water partition coefficient (Wildman–Crippen LogP) is 4.07. The molecule has 0 unspecified atom stereocenters. The number of unbranched alkanes of at least 4 members (excludes halogenated alkanes) is 1. The number of aromatic nitrogens is 2. The second-order valence-corrected chi connectivity index (χ2v) is 10.6. The Labute approximate surface area is 184 Å². The van der Waals surface area contributed by atoms with Gasteiger partial charge in [0.05, 0.1) is 11.7 Å². The summed E-state index contributed by atoms with van der Waals surface area (Å²) < 4.78 is 1.83. The highest BCUT2D eigenvalue weighted by atomic mass is 32.1. The zero-order chi connectivity index (χ0) is 20.5. The number of hydrogen-bond donors (Lipinski definition) is 0. The zero-order valence-corrected chi connectivity index (χ0v) is 19.3. The highest BCUT2D eigenvalue weighted by molar-refractivity contribution is 7.18. The van der Waals surface area contributed by atoms with E-state index in [-0.39, 0.29) is 5.56 Å². The first-order valence-corrected chi connectivity index (χ1v) is 13.0. The normalized spacial score (nSPS) is 24.4. The quantitative estimate of drug-likeness (QED) is 0.720. The van der Waals surface area contributed by atoms with Crippen molar-refractivity contribution in [3.63, 3.8) is 0 Å². The van der Waals surface area contributed by atoms with Gasteiger partial charge in [0.1, 0.15) is 4.83 Å². The number of nitrogens with zero attached hydrogens (tertiary/aromatic N) is 4. The van der Waals surface area contributed by atoms with Gasteiger partial charge in [-0.3, -0.25) is 14.3 Å². The minimum absolute atomic E-state index is 0.187. The third kappa shape index (κ3) is 3.98. The average Bonchev–Trinajstić information content (AvgIpc) is 3.18. The van der Waals surface area contributed by atoms with Crippen molar-refractivity contribution in [2.45, 2.75) is 89.8 Å². The van der Waals surface area contributed by atoms with Crippen molar-refractivity contribution < 1.29 is 0 Å². The third-order valence-corrected chi connectivity index (χ3v) is 8.85. The van der Waals surface area contributed by atoms with Crippen molar-refractivity contribution in [1.29, 1.82) is 0 Å². The molecule has 30 heavy (non-hydrogen) atoms. The Bertz CT molecular complexity index is 921. The van der Waals surface area contributed by atoms with Crippen molar-refractivity contribution in [2.75, 3.05) is 26.2 Å². The van der Waals surface area contributed by atoms with Crippen LogP contribution in [0.15, 0.2) is 11.1 Å². The van der Waals surface area contributed by atoms with Crippen molar-refractivity contribution in [2.24, 2.45) is 0 Å². The predicted molar refractivity (Wildman–Crippen MR) is 125 cm³/mol. The molecule has 0 spiro atoms. The van der Waals surface area contributed by atoms with Crippen molar-refractivity contribution in [3.05, 3.63) is 27.1 Å². The summed E-state index contributed by atoms with van der Waals surface area (Å²) >= 11 is 1.78. The van der Waals surface area contributed by atoms with Gasteiger partial charge in [-0.05, 0) is 83.1 Å². The Hall–Kier alpha value is -1.24. The SMILES string of the molecule is CCCCn1cnc2sc3c(c2c1=O)CC[C@@H](N1CCC(N2CCCCC2)CC1)C3. The fraction of sp³-hybridized carbons (Fsp3) is 0.750. The smallest absolute Gasteiger partial charge is 0.262 e. The molecular formula is C24H36N4OS. The number of thiophene rings is 1. The van der Waals surface area contributed by atoms with E-state index in [1.54, 1.807) is 17.7 Å². The molecule has 2 fully saturated rings. The molecular weight excluding hydrogens is 392 g/mol. The van der Waals surface area contributed by atoms with Crippen LogP contribution in [0, 0.1) is 0 Å². The second-order valence-electron chi connectivity index (χ2n) is 9.54. The number of hydrogen-bond acceptors (Lipinski definition) is 5. The van der Waals surface area contributed by atoms with Gasteiger partial charge in [0.25, 0.3) is 5.56 Å². The van der Waals surface area contributed by atoms with E-state index in [1.807, 2.05) is 4.57 Å². The molecule has 5 nitrogen and oxygen atoms in total. The molecule has 0 radical (unpaired) electrons. The molecule has 4 heterocycles. The molecule has 0 aromatic carbocycles. The lowest BCUT2D eigenvalue weighted by atomic mass is 9.90. The van der Waals surface area contributed by atoms with Crippen molar-refractivity contribution in [1.82, 2.24) is 19.4 Å². The topological polar surface area (TPSA) is 41.4 Å². The lowest BCUT2D eigenvalue weighted by molar-refractivity contribution is 0.0687. The van der Waals surface area contributed by atoms with E-state index in [9.17, 15) is 4.79 Å². The molecule has 0 N–H and O–H groups in total. The van der Waals surface area contributed by atoms with Crippen LogP contribution in [0.2, 0.25) is 0 Å². The van der Waals surface area contributed by atoms with E-state index in [4.69, 9.17) is 0 Å². The standard InChI is InChI=1S/C24H36N4OS/c1-2-3-11-28-17-25-23-22(24(28)29)20-8-7-19(16-21(20)30-23)27-14-9-18(10-15-27)26-12-5-4-6-13-26/h17-19H,2-16H2,1H3/t19-/m1/s1. The first-order valence-electron chi connectivity index (χ1n) is 12.2. The van der Waals surface area contributed by atoms with Crippen molar-refractivity contribution >= 4 is 21.6 Å². The van der Waals surface area contributed by atoms with E-state index in [2.05, 4.69) is 21.7 Å². The van der Waals surface area contributed by atoms with Crippen LogP contribution in [0.1, 0.15) is 68.7 Å². The Kier molecular flexibility index (Phi) is 6.26. The number of aryl methyl sites for hydroxylation is 2. The molecule has 2 aromatic heterocycles. The van der Waals surface area contributed by atoms with Crippen LogP contribution in [0.3, 0.4) is 0 Å². The Morgan fingerprint density at radius 1 is 1.03 bits per heavy atom. The minimum atomic E-state index is 0.187. The maximum absolute atomic E-state index is 13.1. The van der Waals surface area contributed by atoms with Crippen LogP contribution in [0.25, 0.3) is 10.2 Å². The zero-order valence-electron chi connectivity index (χ0n) is 18.4. The van der Waals surface area contributed by atoms with Gasteiger partial charge < -0.3 is 4.90 Å². The van der Waals surface area contributed by atoms with Gasteiger partial charge in [-0.15, -0.1) is 11.3 Å². The Morgan fingerprint density at radius 2 is 1.80 bits per heavy atom.